The van der Waals surface area contributed by atoms with Gasteiger partial charge in [0.25, 0.3) is 5.69 Å². The lowest BCUT2D eigenvalue weighted by Crippen LogP contribution is -2.24. The Kier molecular flexibility index (Phi) is 7.32. The van der Waals surface area contributed by atoms with Crippen molar-refractivity contribution in [1.29, 1.82) is 0 Å². The van der Waals surface area contributed by atoms with Crippen LogP contribution < -0.4 is 14.8 Å². The minimum Gasteiger partial charge on any atom is -0.493 e. The molecule has 152 valence electrons. The molecule has 9 nitrogen and oxygen atoms in total. The van der Waals surface area contributed by atoms with Crippen LogP contribution in [0, 0.1) is 10.1 Å². The Hall–Kier alpha value is -3.40. The van der Waals surface area contributed by atoms with Crippen LogP contribution in [0.1, 0.15) is 18.1 Å². The van der Waals surface area contributed by atoms with Crippen molar-refractivity contribution in [3.05, 3.63) is 67.8 Å². The fourth-order valence-corrected chi connectivity index (χ4v) is 2.91. The lowest BCUT2D eigenvalue weighted by atomic mass is 10.1. The molecule has 0 aliphatic carbocycles. The van der Waals surface area contributed by atoms with Crippen molar-refractivity contribution in [3.63, 3.8) is 0 Å². The molecule has 1 amide bonds. The van der Waals surface area contributed by atoms with Gasteiger partial charge in [-0.15, -0.1) is 0 Å². The predicted octanol–water partition coefficient (Wildman–Crippen LogP) is 3.51. The lowest BCUT2D eigenvalue weighted by Gasteiger charge is -2.14. The average molecular weight is 465 g/mol. The summed E-state index contributed by atoms with van der Waals surface area (Å²) in [5, 5.41) is 22.2. The first-order valence-corrected chi connectivity index (χ1v) is 8.96. The summed E-state index contributed by atoms with van der Waals surface area (Å²) in [4.78, 5) is 32.7. The highest BCUT2D eigenvalue weighted by atomic mass is 79.9. The maximum absolute atomic E-state index is 11.3. The summed E-state index contributed by atoms with van der Waals surface area (Å²) in [6.45, 7) is 1.34. The van der Waals surface area contributed by atoms with E-state index >= 15 is 0 Å². The van der Waals surface area contributed by atoms with Crippen LogP contribution >= 0.6 is 15.9 Å². The Labute approximate surface area is 174 Å². The number of nitrogens with zero attached hydrogens (tertiary/aromatic N) is 1. The number of methoxy groups -OCH3 is 1. The molecule has 29 heavy (non-hydrogen) atoms. The van der Waals surface area contributed by atoms with Crippen LogP contribution in [-0.2, 0) is 16.2 Å². The molecule has 0 unspecified atom stereocenters. The minimum atomic E-state index is -1.28. The second kappa shape index (κ2) is 9.69. The number of carbonyl (C=O) groups is 2. The fourth-order valence-electron chi connectivity index (χ4n) is 2.34. The average Bonchev–Trinajstić information content (AvgIpc) is 2.66. The van der Waals surface area contributed by atoms with Gasteiger partial charge in [0.1, 0.15) is 12.3 Å². The highest BCUT2D eigenvalue weighted by Crippen LogP contribution is 2.37. The number of rotatable bonds is 8. The second-order valence-electron chi connectivity index (χ2n) is 5.79. The zero-order valence-electron chi connectivity index (χ0n) is 15.5. The van der Waals surface area contributed by atoms with E-state index in [0.717, 1.165) is 0 Å². The van der Waals surface area contributed by atoms with E-state index in [9.17, 15) is 24.8 Å². The molecule has 2 rings (SSSR count). The van der Waals surface area contributed by atoms with Crippen LogP contribution in [0.2, 0.25) is 0 Å². The molecule has 0 bridgehead atoms. The highest BCUT2D eigenvalue weighted by molar-refractivity contribution is 9.10. The number of carbonyl (C=O) groups excluding carboxylic acids is 1. The summed E-state index contributed by atoms with van der Waals surface area (Å²) in [5.41, 5.74) is 0.873. The highest BCUT2D eigenvalue weighted by Gasteiger charge is 2.14. The van der Waals surface area contributed by atoms with E-state index in [1.165, 1.54) is 32.2 Å². The van der Waals surface area contributed by atoms with Gasteiger partial charge in [0, 0.05) is 19.1 Å². The van der Waals surface area contributed by atoms with Crippen molar-refractivity contribution in [2.45, 2.75) is 13.5 Å². The standard InChI is InChI=1S/C19H17BrN2O7/c1-11(23)21-16(19(24)25)8-13-7-15(20)18(17(9-13)28-2)29-10-12-3-5-14(6-4-12)22(26)27/h3-9H,10H2,1-2H3,(H,21,23)(H,24,25). The molecule has 2 aromatic carbocycles. The molecule has 0 atom stereocenters. The van der Waals surface area contributed by atoms with Gasteiger partial charge >= 0.3 is 5.97 Å². The van der Waals surface area contributed by atoms with Gasteiger partial charge in [0.15, 0.2) is 11.5 Å². The molecule has 0 saturated carbocycles. The minimum absolute atomic E-state index is 0.0166. The van der Waals surface area contributed by atoms with Gasteiger partial charge < -0.3 is 19.9 Å². The first-order valence-electron chi connectivity index (χ1n) is 8.17. The van der Waals surface area contributed by atoms with Crippen molar-refractivity contribution in [3.8, 4) is 11.5 Å². The number of nitrogens with one attached hydrogen (secondary N) is 1. The third-order valence-corrected chi connectivity index (χ3v) is 4.22. The number of ether oxygens (including phenoxy) is 2. The van der Waals surface area contributed by atoms with Gasteiger partial charge in [-0.2, -0.15) is 0 Å². The Morgan fingerprint density at radius 3 is 2.45 bits per heavy atom. The van der Waals surface area contributed by atoms with E-state index in [2.05, 4.69) is 21.2 Å². The molecule has 0 radical (unpaired) electrons. The number of non-ortho nitro benzene ring substituents is 1. The summed E-state index contributed by atoms with van der Waals surface area (Å²) in [7, 11) is 1.43. The summed E-state index contributed by atoms with van der Waals surface area (Å²) < 4.78 is 11.6. The molecule has 0 spiro atoms. The lowest BCUT2D eigenvalue weighted by molar-refractivity contribution is -0.384. The number of nitro benzene ring substituents is 1. The van der Waals surface area contributed by atoms with Crippen LogP contribution in [0.3, 0.4) is 0 Å². The third kappa shape index (κ3) is 6.04. The topological polar surface area (TPSA) is 128 Å². The summed E-state index contributed by atoms with van der Waals surface area (Å²) in [6.07, 6.45) is 1.29. The monoisotopic (exact) mass is 464 g/mol. The van der Waals surface area contributed by atoms with Crippen LogP contribution in [0.15, 0.2) is 46.6 Å². The van der Waals surface area contributed by atoms with Crippen LogP contribution in [0.25, 0.3) is 6.08 Å². The molecular weight excluding hydrogens is 448 g/mol. The zero-order valence-corrected chi connectivity index (χ0v) is 17.1. The van der Waals surface area contributed by atoms with E-state index in [-0.39, 0.29) is 18.0 Å². The van der Waals surface area contributed by atoms with E-state index in [4.69, 9.17) is 9.47 Å². The predicted molar refractivity (Wildman–Crippen MR) is 108 cm³/mol. The number of hydrogen-bond acceptors (Lipinski definition) is 6. The number of amides is 1. The second-order valence-corrected chi connectivity index (χ2v) is 6.65. The molecule has 0 aliphatic heterocycles. The van der Waals surface area contributed by atoms with Gasteiger partial charge in [-0.05, 0) is 57.4 Å². The van der Waals surface area contributed by atoms with Crippen molar-refractivity contribution >= 4 is 39.6 Å². The summed E-state index contributed by atoms with van der Waals surface area (Å²) in [5.74, 6) is -1.08. The van der Waals surface area contributed by atoms with Gasteiger partial charge in [0.2, 0.25) is 5.91 Å². The van der Waals surface area contributed by atoms with Gasteiger partial charge in [-0.25, -0.2) is 4.79 Å². The van der Waals surface area contributed by atoms with Crippen molar-refractivity contribution in [2.24, 2.45) is 0 Å². The van der Waals surface area contributed by atoms with E-state index in [1.807, 2.05) is 0 Å². The molecule has 2 N–H and O–H groups in total. The Morgan fingerprint density at radius 2 is 1.93 bits per heavy atom. The molecule has 0 aliphatic rings. The summed E-state index contributed by atoms with van der Waals surface area (Å²) in [6, 6.07) is 9.10. The number of halogens is 1. The van der Waals surface area contributed by atoms with Crippen LogP contribution in [0.5, 0.6) is 11.5 Å². The van der Waals surface area contributed by atoms with Crippen molar-refractivity contribution in [1.82, 2.24) is 5.32 Å². The third-order valence-electron chi connectivity index (χ3n) is 3.63. The van der Waals surface area contributed by atoms with Gasteiger partial charge in [-0.3, -0.25) is 14.9 Å². The number of aliphatic carboxylic acids is 1. The first kappa shape index (κ1) is 21.9. The normalized spacial score (nSPS) is 10.9. The number of benzene rings is 2. The SMILES string of the molecule is COc1cc(C=C(NC(C)=O)C(=O)O)cc(Br)c1OCc1ccc([N+](=O)[O-])cc1. The molecule has 0 saturated heterocycles. The van der Waals surface area contributed by atoms with Gasteiger partial charge in [-0.1, -0.05) is 0 Å². The molecule has 0 aromatic heterocycles. The number of hydrogen-bond donors (Lipinski definition) is 2. The van der Waals surface area contributed by atoms with Crippen molar-refractivity contribution < 1.29 is 29.1 Å². The largest absolute Gasteiger partial charge is 0.493 e. The zero-order chi connectivity index (χ0) is 21.6. The smallest absolute Gasteiger partial charge is 0.352 e. The first-order chi connectivity index (χ1) is 13.7. The summed E-state index contributed by atoms with van der Waals surface area (Å²) >= 11 is 3.36. The fraction of sp³-hybridized carbons (Fsp3) is 0.158. The molecule has 10 heteroatoms. The van der Waals surface area contributed by atoms with E-state index < -0.39 is 16.8 Å². The quantitative estimate of drug-likeness (QED) is 0.347. The van der Waals surface area contributed by atoms with Crippen molar-refractivity contribution in [2.75, 3.05) is 7.11 Å². The Balaban J connectivity index is 2.26. The maximum atomic E-state index is 11.3. The Morgan fingerprint density at radius 1 is 1.28 bits per heavy atom. The van der Waals surface area contributed by atoms with E-state index in [1.54, 1.807) is 24.3 Å². The number of carboxylic acid groups (broad SMARTS) is 1. The van der Waals surface area contributed by atoms with E-state index in [0.29, 0.717) is 27.1 Å². The van der Waals surface area contributed by atoms with Gasteiger partial charge in [0.05, 0.1) is 16.5 Å². The Bertz CT molecular complexity index is 971. The molecule has 0 fully saturated rings. The maximum Gasteiger partial charge on any atom is 0.352 e. The van der Waals surface area contributed by atoms with Crippen LogP contribution in [0.4, 0.5) is 5.69 Å². The number of carboxylic acids is 1. The molecule has 0 heterocycles. The molecular formula is C19H17BrN2O7. The van der Waals surface area contributed by atoms with Crippen LogP contribution in [-0.4, -0.2) is 29.0 Å². The molecule has 2 aromatic rings. The number of nitro groups is 1.